The standard InChI is InChI=1S/C25H28N4O2.C2HF3O2/c1-28(17-19-7-3-2-4-8-19)18-20-11-13-29(14-12-20)25(31)24(30)27-23-16-26-15-21-9-5-6-10-22(21)23;3-2(4,5)1(6)7/h2-10,15-16,20H,11-14,17-18H2,1H3,(H,27,30);(H,6,7). The van der Waals surface area contributed by atoms with Crippen LogP contribution in [0.3, 0.4) is 0 Å². The maximum absolute atomic E-state index is 12.7. The van der Waals surface area contributed by atoms with E-state index in [-0.39, 0.29) is 0 Å². The topological polar surface area (TPSA) is 103 Å². The van der Waals surface area contributed by atoms with Gasteiger partial charge in [-0.3, -0.25) is 14.6 Å². The molecule has 0 bridgehead atoms. The summed E-state index contributed by atoms with van der Waals surface area (Å²) in [5, 5.41) is 11.7. The van der Waals surface area contributed by atoms with E-state index < -0.39 is 24.0 Å². The van der Waals surface area contributed by atoms with Crippen molar-refractivity contribution < 1.29 is 32.7 Å². The van der Waals surface area contributed by atoms with E-state index in [1.54, 1.807) is 17.3 Å². The molecule has 0 aliphatic carbocycles. The molecular weight excluding hydrogens is 501 g/mol. The number of carbonyl (C=O) groups is 3. The van der Waals surface area contributed by atoms with Gasteiger partial charge < -0.3 is 20.2 Å². The number of fused-ring (bicyclic) bond motifs is 1. The van der Waals surface area contributed by atoms with Crippen molar-refractivity contribution in [1.29, 1.82) is 0 Å². The van der Waals surface area contributed by atoms with Crippen LogP contribution in [0.4, 0.5) is 18.9 Å². The first-order chi connectivity index (χ1) is 18.0. The van der Waals surface area contributed by atoms with Gasteiger partial charge in [0.15, 0.2) is 0 Å². The molecule has 0 saturated carbocycles. The van der Waals surface area contributed by atoms with Gasteiger partial charge in [-0.1, -0.05) is 54.6 Å². The second-order valence-corrected chi connectivity index (χ2v) is 9.08. The Morgan fingerprint density at radius 2 is 1.63 bits per heavy atom. The average molecular weight is 531 g/mol. The molecule has 0 spiro atoms. The Balaban J connectivity index is 0.000000505. The van der Waals surface area contributed by atoms with Crippen molar-refractivity contribution in [1.82, 2.24) is 14.8 Å². The van der Waals surface area contributed by atoms with Gasteiger partial charge in [-0.05, 0) is 31.4 Å². The van der Waals surface area contributed by atoms with Crippen molar-refractivity contribution in [3.05, 3.63) is 72.6 Å². The van der Waals surface area contributed by atoms with Gasteiger partial charge in [0.1, 0.15) is 0 Å². The highest BCUT2D eigenvalue weighted by Crippen LogP contribution is 2.23. The summed E-state index contributed by atoms with van der Waals surface area (Å²) in [5.41, 5.74) is 1.87. The van der Waals surface area contributed by atoms with Crippen molar-refractivity contribution in [2.24, 2.45) is 5.92 Å². The summed E-state index contributed by atoms with van der Waals surface area (Å²) in [5.74, 6) is -3.29. The number of rotatable bonds is 5. The molecule has 0 atom stereocenters. The minimum atomic E-state index is -5.08. The molecule has 202 valence electrons. The van der Waals surface area contributed by atoms with Crippen molar-refractivity contribution >= 4 is 34.2 Å². The monoisotopic (exact) mass is 530 g/mol. The molecular formula is C27H29F3N4O4. The molecule has 11 heteroatoms. The maximum Gasteiger partial charge on any atom is 0.490 e. The summed E-state index contributed by atoms with van der Waals surface area (Å²) in [4.78, 5) is 42.3. The summed E-state index contributed by atoms with van der Waals surface area (Å²) in [7, 11) is 2.14. The summed E-state index contributed by atoms with van der Waals surface area (Å²) in [6.07, 6.45) is 0.0661. The van der Waals surface area contributed by atoms with Crippen LogP contribution in [0.25, 0.3) is 10.8 Å². The van der Waals surface area contributed by atoms with Crippen LogP contribution in [0.15, 0.2) is 67.0 Å². The first-order valence-corrected chi connectivity index (χ1v) is 12.0. The fourth-order valence-corrected chi connectivity index (χ4v) is 4.25. The molecule has 0 radical (unpaired) electrons. The van der Waals surface area contributed by atoms with Gasteiger partial charge in [0.25, 0.3) is 0 Å². The Bertz CT molecular complexity index is 1240. The van der Waals surface area contributed by atoms with Crippen LogP contribution in [0, 0.1) is 5.92 Å². The number of benzene rings is 2. The van der Waals surface area contributed by atoms with E-state index in [1.165, 1.54) is 5.56 Å². The zero-order chi connectivity index (χ0) is 27.7. The second-order valence-electron chi connectivity index (χ2n) is 9.08. The van der Waals surface area contributed by atoms with Crippen molar-refractivity contribution in [3.8, 4) is 0 Å². The summed E-state index contributed by atoms with van der Waals surface area (Å²) < 4.78 is 31.7. The lowest BCUT2D eigenvalue weighted by atomic mass is 9.96. The van der Waals surface area contributed by atoms with Gasteiger partial charge in [0, 0.05) is 43.1 Å². The number of likely N-dealkylation sites (tertiary alicyclic amines) is 1. The molecule has 1 saturated heterocycles. The normalized spacial score (nSPS) is 14.1. The number of amides is 2. The number of aliphatic carboxylic acids is 1. The Kier molecular flexibility index (Phi) is 9.78. The molecule has 4 rings (SSSR count). The molecule has 1 aliphatic heterocycles. The Labute approximate surface area is 218 Å². The number of halogens is 3. The number of hydrogen-bond acceptors (Lipinski definition) is 5. The fourth-order valence-electron chi connectivity index (χ4n) is 4.25. The predicted octanol–water partition coefficient (Wildman–Crippen LogP) is 4.18. The third-order valence-electron chi connectivity index (χ3n) is 6.12. The van der Waals surface area contributed by atoms with Gasteiger partial charge in [-0.25, -0.2) is 4.79 Å². The largest absolute Gasteiger partial charge is 0.490 e. The molecule has 8 nitrogen and oxygen atoms in total. The smallest absolute Gasteiger partial charge is 0.475 e. The van der Waals surface area contributed by atoms with E-state index in [4.69, 9.17) is 9.90 Å². The molecule has 2 N–H and O–H groups in total. The summed E-state index contributed by atoms with van der Waals surface area (Å²) >= 11 is 0. The van der Waals surface area contributed by atoms with Crippen LogP contribution in [0.1, 0.15) is 18.4 Å². The van der Waals surface area contributed by atoms with Gasteiger partial charge in [0.2, 0.25) is 0 Å². The van der Waals surface area contributed by atoms with Gasteiger partial charge in [-0.15, -0.1) is 0 Å². The van der Waals surface area contributed by atoms with Crippen molar-refractivity contribution in [3.63, 3.8) is 0 Å². The number of carboxylic acid groups (broad SMARTS) is 1. The van der Waals surface area contributed by atoms with Crippen LogP contribution >= 0.6 is 0 Å². The molecule has 2 aromatic carbocycles. The Hall–Kier alpha value is -3.99. The fraction of sp³-hybridized carbons (Fsp3) is 0.333. The van der Waals surface area contributed by atoms with Crippen molar-refractivity contribution in [2.45, 2.75) is 25.6 Å². The van der Waals surface area contributed by atoms with E-state index in [0.29, 0.717) is 24.7 Å². The number of alkyl halides is 3. The lowest BCUT2D eigenvalue weighted by molar-refractivity contribution is -0.192. The highest BCUT2D eigenvalue weighted by molar-refractivity contribution is 6.40. The molecule has 0 unspecified atom stereocenters. The van der Waals surface area contributed by atoms with Crippen LogP contribution in [0.2, 0.25) is 0 Å². The number of anilines is 1. The third kappa shape index (κ3) is 8.27. The molecule has 1 aromatic heterocycles. The van der Waals surface area contributed by atoms with Gasteiger partial charge in [-0.2, -0.15) is 13.2 Å². The van der Waals surface area contributed by atoms with Crippen molar-refractivity contribution in [2.75, 3.05) is 32.0 Å². The number of carbonyl (C=O) groups excluding carboxylic acids is 2. The second kappa shape index (κ2) is 13.0. The van der Waals surface area contributed by atoms with Crippen LogP contribution in [-0.4, -0.2) is 70.5 Å². The first-order valence-electron chi connectivity index (χ1n) is 12.0. The van der Waals surface area contributed by atoms with Gasteiger partial charge >= 0.3 is 24.0 Å². The van der Waals surface area contributed by atoms with E-state index in [2.05, 4.69) is 46.5 Å². The number of pyridine rings is 1. The molecule has 3 aromatic rings. The highest BCUT2D eigenvalue weighted by Gasteiger charge is 2.38. The van der Waals surface area contributed by atoms with Crippen LogP contribution in [-0.2, 0) is 20.9 Å². The third-order valence-corrected chi connectivity index (χ3v) is 6.12. The number of piperidine rings is 1. The molecule has 2 amide bonds. The minimum Gasteiger partial charge on any atom is -0.475 e. The predicted molar refractivity (Wildman–Crippen MR) is 136 cm³/mol. The molecule has 38 heavy (non-hydrogen) atoms. The lowest BCUT2D eigenvalue weighted by Gasteiger charge is -2.33. The summed E-state index contributed by atoms with van der Waals surface area (Å²) in [6, 6.07) is 18.1. The average Bonchev–Trinajstić information content (AvgIpc) is 2.89. The Morgan fingerprint density at radius 3 is 2.26 bits per heavy atom. The number of nitrogens with one attached hydrogen (secondary N) is 1. The van der Waals surface area contributed by atoms with E-state index in [9.17, 15) is 22.8 Å². The van der Waals surface area contributed by atoms with Gasteiger partial charge in [0.05, 0.1) is 11.9 Å². The SMILES string of the molecule is CN(Cc1ccccc1)CC1CCN(C(=O)C(=O)Nc2cncc3ccccc23)CC1.O=C(O)C(F)(F)F. The van der Waals surface area contributed by atoms with E-state index in [1.807, 2.05) is 30.3 Å². The number of nitrogens with zero attached hydrogens (tertiary/aromatic N) is 3. The van der Waals surface area contributed by atoms with Crippen LogP contribution < -0.4 is 5.32 Å². The maximum atomic E-state index is 12.7. The van der Waals surface area contributed by atoms with Crippen LogP contribution in [0.5, 0.6) is 0 Å². The number of aromatic nitrogens is 1. The zero-order valence-electron chi connectivity index (χ0n) is 20.8. The first kappa shape index (κ1) is 28.6. The number of carboxylic acids is 1. The Morgan fingerprint density at radius 1 is 1.03 bits per heavy atom. The summed E-state index contributed by atoms with van der Waals surface area (Å²) in [6.45, 7) is 3.14. The highest BCUT2D eigenvalue weighted by atomic mass is 19.4. The molecule has 1 fully saturated rings. The lowest BCUT2D eigenvalue weighted by Crippen LogP contribution is -2.45. The quantitative estimate of drug-likeness (QED) is 0.480. The zero-order valence-corrected chi connectivity index (χ0v) is 20.8. The molecule has 1 aliphatic rings. The molecule has 2 heterocycles. The number of hydrogen-bond donors (Lipinski definition) is 2. The van der Waals surface area contributed by atoms with E-state index >= 15 is 0 Å². The van der Waals surface area contributed by atoms with E-state index in [0.717, 1.165) is 36.7 Å². The minimum absolute atomic E-state index is 0.468.